The Labute approximate surface area is 202 Å². The summed E-state index contributed by atoms with van der Waals surface area (Å²) in [5.41, 5.74) is 1.55. The highest BCUT2D eigenvalue weighted by Crippen LogP contribution is 2.59. The highest BCUT2D eigenvalue weighted by Gasteiger charge is 2.53. The molecule has 1 fully saturated rings. The zero-order chi connectivity index (χ0) is 25.3. The van der Waals surface area contributed by atoms with Gasteiger partial charge in [-0.3, -0.25) is 9.97 Å². The molecule has 2 aromatic heterocycles. The van der Waals surface area contributed by atoms with Crippen LogP contribution in [0.4, 0.5) is 13.2 Å². The molecule has 1 saturated heterocycles. The standard InChI is InChI=1S/C26H31F3N2O4/c1-13(2)20-18-19(17-15(32)11-24(3,4)23(33)21(17)31-20)25(7-9-34-10-8-25)35-22(18)14-5-6-16(30-12-14)26(27,28)29/h5-6,12-13,15,22-23,32-33H,7-11H2,1-4H3. The topological polar surface area (TPSA) is 84.7 Å². The third-order valence-corrected chi connectivity index (χ3v) is 7.67. The lowest BCUT2D eigenvalue weighted by molar-refractivity contribution is -0.141. The smallest absolute Gasteiger partial charge is 0.388 e. The molecule has 2 aliphatic heterocycles. The number of aromatic nitrogens is 2. The number of aliphatic hydroxyl groups is 2. The van der Waals surface area contributed by atoms with Crippen molar-refractivity contribution in [1.29, 1.82) is 0 Å². The molecular formula is C26H31F3N2O4. The Kier molecular flexibility index (Phi) is 5.79. The van der Waals surface area contributed by atoms with Crippen LogP contribution in [0.25, 0.3) is 0 Å². The summed E-state index contributed by atoms with van der Waals surface area (Å²) in [6.07, 6.45) is -4.30. The number of nitrogens with zero attached hydrogens (tertiary/aromatic N) is 2. The van der Waals surface area contributed by atoms with Gasteiger partial charge in [-0.25, -0.2) is 0 Å². The van der Waals surface area contributed by atoms with Crippen LogP contribution in [0.15, 0.2) is 18.3 Å². The minimum atomic E-state index is -4.54. The van der Waals surface area contributed by atoms with Crippen LogP contribution in [0.3, 0.4) is 0 Å². The number of aliphatic hydroxyl groups excluding tert-OH is 2. The molecule has 6 nitrogen and oxygen atoms in total. The molecule has 3 unspecified atom stereocenters. The van der Waals surface area contributed by atoms with Crippen LogP contribution in [0, 0.1) is 5.41 Å². The van der Waals surface area contributed by atoms with E-state index >= 15 is 0 Å². The van der Waals surface area contributed by atoms with E-state index in [-0.39, 0.29) is 5.92 Å². The van der Waals surface area contributed by atoms with E-state index < -0.39 is 41.2 Å². The van der Waals surface area contributed by atoms with Gasteiger partial charge in [0.25, 0.3) is 0 Å². The van der Waals surface area contributed by atoms with Crippen LogP contribution in [0.2, 0.25) is 0 Å². The van der Waals surface area contributed by atoms with E-state index in [0.29, 0.717) is 49.3 Å². The molecule has 0 saturated carbocycles. The Morgan fingerprint density at radius 1 is 1.09 bits per heavy atom. The molecule has 4 heterocycles. The van der Waals surface area contributed by atoms with Crippen molar-refractivity contribution in [2.24, 2.45) is 5.41 Å². The number of hydrogen-bond donors (Lipinski definition) is 2. The van der Waals surface area contributed by atoms with Gasteiger partial charge in [-0.05, 0) is 29.4 Å². The normalized spacial score (nSPS) is 27.2. The van der Waals surface area contributed by atoms with Crippen molar-refractivity contribution < 1.29 is 32.9 Å². The first-order valence-electron chi connectivity index (χ1n) is 12.1. The first-order valence-corrected chi connectivity index (χ1v) is 12.1. The fourth-order valence-electron chi connectivity index (χ4n) is 5.85. The second kappa shape index (κ2) is 8.23. The third-order valence-electron chi connectivity index (χ3n) is 7.67. The molecular weight excluding hydrogens is 461 g/mol. The molecule has 5 rings (SSSR count). The number of ether oxygens (including phenoxy) is 2. The summed E-state index contributed by atoms with van der Waals surface area (Å²) in [4.78, 5) is 8.57. The highest BCUT2D eigenvalue weighted by atomic mass is 19.4. The van der Waals surface area contributed by atoms with E-state index in [1.54, 1.807) is 0 Å². The molecule has 0 bridgehead atoms. The summed E-state index contributed by atoms with van der Waals surface area (Å²) in [6, 6.07) is 2.37. The van der Waals surface area contributed by atoms with E-state index in [9.17, 15) is 23.4 Å². The average molecular weight is 493 g/mol. The largest absolute Gasteiger partial charge is 0.433 e. The molecule has 9 heteroatoms. The van der Waals surface area contributed by atoms with Crippen LogP contribution in [0.1, 0.15) is 111 Å². The number of hydrogen-bond acceptors (Lipinski definition) is 6. The molecule has 1 aliphatic carbocycles. The number of halogens is 3. The molecule has 190 valence electrons. The number of alkyl halides is 3. The van der Waals surface area contributed by atoms with Gasteiger partial charge in [0.1, 0.15) is 17.9 Å². The van der Waals surface area contributed by atoms with Crippen molar-refractivity contribution in [3.8, 4) is 0 Å². The Bertz CT molecular complexity index is 1120. The van der Waals surface area contributed by atoms with Crippen LogP contribution in [0.5, 0.6) is 0 Å². The first kappa shape index (κ1) is 24.6. The quantitative estimate of drug-likeness (QED) is 0.597. The Morgan fingerprint density at radius 3 is 2.34 bits per heavy atom. The number of pyridine rings is 2. The Morgan fingerprint density at radius 2 is 1.77 bits per heavy atom. The summed E-state index contributed by atoms with van der Waals surface area (Å²) in [5, 5.41) is 22.6. The maximum atomic E-state index is 13.2. The van der Waals surface area contributed by atoms with Gasteiger partial charge in [0.15, 0.2) is 0 Å². The summed E-state index contributed by atoms with van der Waals surface area (Å²) in [6.45, 7) is 8.70. The molecule has 2 N–H and O–H groups in total. The number of rotatable bonds is 2. The lowest BCUT2D eigenvalue weighted by atomic mass is 9.68. The summed E-state index contributed by atoms with van der Waals surface area (Å²) < 4.78 is 51.8. The van der Waals surface area contributed by atoms with E-state index in [1.807, 2.05) is 27.7 Å². The third kappa shape index (κ3) is 3.87. The minimum absolute atomic E-state index is 0.0491. The summed E-state index contributed by atoms with van der Waals surface area (Å²) >= 11 is 0. The molecule has 3 aliphatic rings. The molecule has 35 heavy (non-hydrogen) atoms. The highest BCUT2D eigenvalue weighted by molar-refractivity contribution is 5.54. The lowest BCUT2D eigenvalue weighted by Crippen LogP contribution is -2.38. The maximum Gasteiger partial charge on any atom is 0.433 e. The number of fused-ring (bicyclic) bond motifs is 4. The maximum absolute atomic E-state index is 13.2. The zero-order valence-corrected chi connectivity index (χ0v) is 20.3. The van der Waals surface area contributed by atoms with Gasteiger partial charge in [0.05, 0.1) is 17.4 Å². The van der Waals surface area contributed by atoms with Gasteiger partial charge < -0.3 is 19.7 Å². The van der Waals surface area contributed by atoms with E-state index in [2.05, 4.69) is 4.98 Å². The fraction of sp³-hybridized carbons (Fsp3) is 0.615. The predicted octanol–water partition coefficient (Wildman–Crippen LogP) is 5.24. The van der Waals surface area contributed by atoms with Crippen LogP contribution in [-0.4, -0.2) is 33.4 Å². The zero-order valence-electron chi connectivity index (χ0n) is 20.3. The monoisotopic (exact) mass is 492 g/mol. The van der Waals surface area contributed by atoms with Gasteiger partial charge >= 0.3 is 6.18 Å². The van der Waals surface area contributed by atoms with E-state index in [1.165, 1.54) is 12.3 Å². The van der Waals surface area contributed by atoms with E-state index in [0.717, 1.165) is 22.9 Å². The van der Waals surface area contributed by atoms with Crippen LogP contribution < -0.4 is 0 Å². The van der Waals surface area contributed by atoms with Gasteiger partial charge in [0, 0.05) is 54.6 Å². The second-order valence-electron chi connectivity index (χ2n) is 10.9. The summed E-state index contributed by atoms with van der Waals surface area (Å²) in [5.74, 6) is -0.0491. The molecule has 1 spiro atoms. The van der Waals surface area contributed by atoms with E-state index in [4.69, 9.17) is 14.5 Å². The fourth-order valence-corrected chi connectivity index (χ4v) is 5.85. The van der Waals surface area contributed by atoms with Gasteiger partial charge in [-0.2, -0.15) is 13.2 Å². The van der Waals surface area contributed by atoms with Gasteiger partial charge in [-0.15, -0.1) is 0 Å². The molecule has 0 radical (unpaired) electrons. The van der Waals surface area contributed by atoms with Crippen LogP contribution >= 0.6 is 0 Å². The van der Waals surface area contributed by atoms with Crippen molar-refractivity contribution in [2.45, 2.75) is 83.0 Å². The Balaban J connectivity index is 1.76. The molecule has 0 amide bonds. The second-order valence-corrected chi connectivity index (χ2v) is 10.9. The van der Waals surface area contributed by atoms with Crippen molar-refractivity contribution >= 4 is 0 Å². The summed E-state index contributed by atoms with van der Waals surface area (Å²) in [7, 11) is 0. The van der Waals surface area contributed by atoms with Crippen molar-refractivity contribution in [1.82, 2.24) is 9.97 Å². The predicted molar refractivity (Wildman–Crippen MR) is 121 cm³/mol. The lowest BCUT2D eigenvalue weighted by Gasteiger charge is -2.42. The van der Waals surface area contributed by atoms with Gasteiger partial charge in [0.2, 0.25) is 0 Å². The van der Waals surface area contributed by atoms with Crippen molar-refractivity contribution in [2.75, 3.05) is 13.2 Å². The van der Waals surface area contributed by atoms with Gasteiger partial charge in [-0.1, -0.05) is 33.8 Å². The SMILES string of the molecule is CC(C)c1nc2c(c3c1C(c1ccc(C(F)(F)F)nc1)OC31CCOCC1)C(O)CC(C)(C)C2O. The molecule has 2 aromatic rings. The molecule has 3 atom stereocenters. The average Bonchev–Trinajstić information content (AvgIpc) is 3.10. The minimum Gasteiger partial charge on any atom is -0.388 e. The molecule has 0 aromatic carbocycles. The Hall–Kier alpha value is -2.07. The van der Waals surface area contributed by atoms with Crippen molar-refractivity contribution in [3.63, 3.8) is 0 Å². The first-order chi connectivity index (χ1) is 16.4. The van der Waals surface area contributed by atoms with Crippen molar-refractivity contribution in [3.05, 3.63) is 57.7 Å². The van der Waals surface area contributed by atoms with Crippen LogP contribution in [-0.2, 0) is 21.3 Å².